The summed E-state index contributed by atoms with van der Waals surface area (Å²) >= 11 is 0. The minimum absolute atomic E-state index is 0.213. The van der Waals surface area contributed by atoms with Gasteiger partial charge in [-0.2, -0.15) is 0 Å². The van der Waals surface area contributed by atoms with Gasteiger partial charge in [-0.15, -0.1) is 0 Å². The van der Waals surface area contributed by atoms with Gasteiger partial charge in [-0.1, -0.05) is 0 Å². The number of alkyl halides is 1. The third-order valence-electron chi connectivity index (χ3n) is 2.97. The molecule has 19 heavy (non-hydrogen) atoms. The maximum Gasteiger partial charge on any atom is 0.330 e. The Morgan fingerprint density at radius 2 is 2.32 bits per heavy atom. The zero-order chi connectivity index (χ0) is 14.2. The minimum Gasteiger partial charge on any atom is -0.387 e. The fraction of sp³-hybridized carbons (Fsp3) is 0.600. The fourth-order valence-corrected chi connectivity index (χ4v) is 1.94. The molecule has 1 aliphatic heterocycles. The molecule has 1 aromatic heterocycles. The van der Waals surface area contributed by atoms with Crippen molar-refractivity contribution in [2.24, 2.45) is 5.90 Å². The fourth-order valence-electron chi connectivity index (χ4n) is 1.94. The highest BCUT2D eigenvalue weighted by Gasteiger charge is 2.45. The van der Waals surface area contributed by atoms with Crippen molar-refractivity contribution in [3.05, 3.63) is 32.6 Å². The van der Waals surface area contributed by atoms with Crippen LogP contribution in [0.1, 0.15) is 11.8 Å². The summed E-state index contributed by atoms with van der Waals surface area (Å²) in [7, 11) is 0. The lowest BCUT2D eigenvalue weighted by molar-refractivity contribution is -0.0660. The van der Waals surface area contributed by atoms with Gasteiger partial charge in [0.05, 0.1) is 6.61 Å². The maximum atomic E-state index is 13.9. The normalized spacial score (nSPS) is 30.7. The number of nitrogens with two attached hydrogens (primary N) is 1. The molecular weight excluding hydrogens is 261 g/mol. The third kappa shape index (κ3) is 2.45. The molecule has 1 fully saturated rings. The first kappa shape index (κ1) is 13.9. The first-order valence-electron chi connectivity index (χ1n) is 5.57. The van der Waals surface area contributed by atoms with E-state index in [1.807, 2.05) is 4.98 Å². The molecule has 1 aromatic rings. The van der Waals surface area contributed by atoms with E-state index < -0.39 is 35.9 Å². The first-order valence-corrected chi connectivity index (χ1v) is 5.57. The molecule has 0 aliphatic carbocycles. The molecule has 0 aromatic carbocycles. The average Bonchev–Trinajstić information content (AvgIpc) is 2.63. The van der Waals surface area contributed by atoms with Crippen molar-refractivity contribution in [3.8, 4) is 0 Å². The van der Waals surface area contributed by atoms with E-state index >= 15 is 0 Å². The molecule has 0 saturated carbocycles. The van der Waals surface area contributed by atoms with Crippen molar-refractivity contribution in [1.82, 2.24) is 9.55 Å². The highest BCUT2D eigenvalue weighted by molar-refractivity contribution is 5.03. The van der Waals surface area contributed by atoms with Gasteiger partial charge in [-0.05, 0) is 6.92 Å². The van der Waals surface area contributed by atoms with Crippen molar-refractivity contribution < 1.29 is 19.1 Å². The molecule has 0 unspecified atom stereocenters. The van der Waals surface area contributed by atoms with E-state index in [4.69, 9.17) is 10.6 Å². The van der Waals surface area contributed by atoms with Gasteiger partial charge in [0.2, 0.25) is 0 Å². The Kier molecular flexibility index (Phi) is 3.80. The molecule has 0 spiro atoms. The van der Waals surface area contributed by atoms with Crippen LogP contribution in [0.4, 0.5) is 4.39 Å². The highest BCUT2D eigenvalue weighted by Crippen LogP contribution is 2.30. The number of H-pyrrole nitrogens is 1. The predicted octanol–water partition coefficient (Wildman–Crippen LogP) is -1.67. The molecule has 9 heteroatoms. The largest absolute Gasteiger partial charge is 0.387 e. The van der Waals surface area contributed by atoms with Gasteiger partial charge in [0.1, 0.15) is 12.2 Å². The Bertz CT molecular complexity index is 571. The number of aromatic nitrogens is 2. The Morgan fingerprint density at radius 3 is 2.95 bits per heavy atom. The zero-order valence-electron chi connectivity index (χ0n) is 10.1. The van der Waals surface area contributed by atoms with Crippen LogP contribution in [0.25, 0.3) is 0 Å². The quantitative estimate of drug-likeness (QED) is 0.567. The lowest BCUT2D eigenvalue weighted by atomic mass is 10.1. The summed E-state index contributed by atoms with van der Waals surface area (Å²) in [6, 6.07) is 0. The van der Waals surface area contributed by atoms with Crippen LogP contribution in [0, 0.1) is 6.92 Å². The Hall–Kier alpha value is -1.55. The van der Waals surface area contributed by atoms with E-state index in [1.54, 1.807) is 0 Å². The van der Waals surface area contributed by atoms with Crippen molar-refractivity contribution in [2.75, 3.05) is 6.61 Å². The number of aryl methyl sites for hydroxylation is 1. The topological polar surface area (TPSA) is 120 Å². The van der Waals surface area contributed by atoms with Gasteiger partial charge in [0.25, 0.3) is 5.56 Å². The second kappa shape index (κ2) is 5.21. The van der Waals surface area contributed by atoms with E-state index in [0.29, 0.717) is 0 Å². The molecule has 4 N–H and O–H groups in total. The van der Waals surface area contributed by atoms with E-state index in [9.17, 15) is 19.1 Å². The van der Waals surface area contributed by atoms with E-state index in [-0.39, 0.29) is 12.2 Å². The number of halogens is 1. The van der Waals surface area contributed by atoms with Crippen molar-refractivity contribution in [2.45, 2.75) is 31.5 Å². The van der Waals surface area contributed by atoms with Crippen LogP contribution < -0.4 is 17.1 Å². The van der Waals surface area contributed by atoms with E-state index in [0.717, 1.165) is 4.57 Å². The number of nitrogens with zero attached hydrogens (tertiary/aromatic N) is 1. The number of nitrogens with one attached hydrogen (secondary N) is 1. The number of hydrogen-bond acceptors (Lipinski definition) is 6. The number of rotatable bonds is 3. The SMILES string of the molecule is Cc1cn([C@@H]2O[C@H](CON)[C@@H](O)[C@H]2F)c(=O)[nH]c1=O. The predicted molar refractivity (Wildman–Crippen MR) is 61.0 cm³/mol. The molecule has 106 valence electrons. The maximum absolute atomic E-state index is 13.9. The molecular formula is C10H14FN3O5. The van der Waals surface area contributed by atoms with Gasteiger partial charge < -0.3 is 14.7 Å². The Balaban J connectivity index is 2.35. The summed E-state index contributed by atoms with van der Waals surface area (Å²) < 4.78 is 20.0. The summed E-state index contributed by atoms with van der Waals surface area (Å²) in [5.41, 5.74) is -1.15. The molecule has 4 atom stereocenters. The van der Waals surface area contributed by atoms with Crippen molar-refractivity contribution in [3.63, 3.8) is 0 Å². The van der Waals surface area contributed by atoms with Crippen LogP contribution in [0.2, 0.25) is 0 Å². The van der Waals surface area contributed by atoms with Gasteiger partial charge in [-0.3, -0.25) is 14.3 Å². The number of ether oxygens (including phenoxy) is 1. The first-order chi connectivity index (χ1) is 8.95. The van der Waals surface area contributed by atoms with Crippen LogP contribution in [-0.2, 0) is 9.57 Å². The van der Waals surface area contributed by atoms with Gasteiger partial charge in [0.15, 0.2) is 12.4 Å². The average molecular weight is 275 g/mol. The molecule has 0 bridgehead atoms. The summed E-state index contributed by atoms with van der Waals surface area (Å²) in [5, 5.41) is 9.61. The van der Waals surface area contributed by atoms with Crippen LogP contribution >= 0.6 is 0 Å². The third-order valence-corrected chi connectivity index (χ3v) is 2.97. The summed E-state index contributed by atoms with van der Waals surface area (Å²) in [6.45, 7) is 1.25. The second-order valence-corrected chi connectivity index (χ2v) is 4.31. The molecule has 2 rings (SSSR count). The Morgan fingerprint density at radius 1 is 1.63 bits per heavy atom. The molecule has 8 nitrogen and oxygen atoms in total. The lowest BCUT2D eigenvalue weighted by Gasteiger charge is -2.16. The van der Waals surface area contributed by atoms with E-state index in [1.165, 1.54) is 13.1 Å². The van der Waals surface area contributed by atoms with Crippen LogP contribution in [0.3, 0.4) is 0 Å². The molecule has 1 saturated heterocycles. The monoisotopic (exact) mass is 275 g/mol. The standard InChI is InChI=1S/C10H14FN3O5/c1-4-2-14(10(17)13-8(4)16)9-6(11)7(15)5(19-9)3-18-12/h2,5-7,9,15H,3,12H2,1H3,(H,13,16,17)/t5-,6-,7-,9-/m1/s1. The number of aliphatic hydroxyl groups excluding tert-OH is 1. The second-order valence-electron chi connectivity index (χ2n) is 4.31. The van der Waals surface area contributed by atoms with Gasteiger partial charge in [-0.25, -0.2) is 15.1 Å². The van der Waals surface area contributed by atoms with Crippen molar-refractivity contribution in [1.29, 1.82) is 0 Å². The Labute approximate surface area is 106 Å². The molecule has 1 aliphatic rings. The lowest BCUT2D eigenvalue weighted by Crippen LogP contribution is -2.36. The number of aliphatic hydroxyl groups is 1. The smallest absolute Gasteiger partial charge is 0.330 e. The number of aromatic amines is 1. The van der Waals surface area contributed by atoms with Crippen LogP contribution in [0.5, 0.6) is 0 Å². The summed E-state index contributed by atoms with van der Waals surface area (Å²) in [6.07, 6.45) is -4.44. The zero-order valence-corrected chi connectivity index (χ0v) is 10.1. The molecule has 2 heterocycles. The number of hydrogen-bond donors (Lipinski definition) is 3. The summed E-state index contributed by atoms with van der Waals surface area (Å²) in [4.78, 5) is 29.2. The van der Waals surface area contributed by atoms with Crippen LogP contribution in [0.15, 0.2) is 15.8 Å². The highest BCUT2D eigenvalue weighted by atomic mass is 19.1. The van der Waals surface area contributed by atoms with Crippen molar-refractivity contribution >= 4 is 0 Å². The molecule has 0 amide bonds. The van der Waals surface area contributed by atoms with E-state index in [2.05, 4.69) is 4.84 Å². The van der Waals surface area contributed by atoms with Gasteiger partial charge >= 0.3 is 5.69 Å². The summed E-state index contributed by atoms with van der Waals surface area (Å²) in [5.74, 6) is 4.84. The van der Waals surface area contributed by atoms with Gasteiger partial charge in [0, 0.05) is 11.8 Å². The minimum atomic E-state index is -1.83. The van der Waals surface area contributed by atoms with Crippen LogP contribution in [-0.4, -0.2) is 39.6 Å². The molecule has 0 radical (unpaired) electrons.